The summed E-state index contributed by atoms with van der Waals surface area (Å²) in [5, 5.41) is 12.8. The van der Waals surface area contributed by atoms with Gasteiger partial charge in [0.15, 0.2) is 11.0 Å². The molecule has 0 atom stereocenters. The Kier molecular flexibility index (Phi) is 6.87. The summed E-state index contributed by atoms with van der Waals surface area (Å²) >= 11 is 7.31. The Morgan fingerprint density at radius 2 is 1.96 bits per heavy atom. The summed E-state index contributed by atoms with van der Waals surface area (Å²) in [7, 11) is 1.65. The first kappa shape index (κ1) is 19.8. The number of ether oxygens (including phenoxy) is 1. The molecule has 2 rings (SSSR count). The van der Waals surface area contributed by atoms with Crippen LogP contribution in [0.25, 0.3) is 11.4 Å². The lowest BCUT2D eigenvalue weighted by molar-refractivity contribution is -0.119. The van der Waals surface area contributed by atoms with E-state index < -0.39 is 0 Å². The Labute approximate surface area is 157 Å². The number of hydrogen-bond donors (Lipinski definition) is 1. The summed E-state index contributed by atoms with van der Waals surface area (Å²) in [6.07, 6.45) is 0. The average Bonchev–Trinajstić information content (AvgIpc) is 2.93. The summed E-state index contributed by atoms with van der Waals surface area (Å²) in [5.41, 5.74) is 0.662. The second-order valence-electron chi connectivity index (χ2n) is 6.54. The lowest BCUT2D eigenvalue weighted by atomic mass is 10.1. The molecule has 0 fully saturated rings. The zero-order valence-electron chi connectivity index (χ0n) is 14.9. The Bertz CT molecular complexity index is 710. The van der Waals surface area contributed by atoms with Gasteiger partial charge in [0, 0.05) is 23.2 Å². The predicted octanol–water partition coefficient (Wildman–Crippen LogP) is 3.25. The highest BCUT2D eigenvalue weighted by molar-refractivity contribution is 7.99. The first-order chi connectivity index (χ1) is 11.8. The standard InChI is InChI=1S/C17H23ClN4O2S/c1-17(2,3)19-14(23)11-25-16-21-20-15(22(16)9-10-24-4)12-5-7-13(18)8-6-12/h5-8H,9-11H2,1-4H3,(H,19,23). The summed E-state index contributed by atoms with van der Waals surface area (Å²) in [6.45, 7) is 6.99. The molecule has 0 saturated heterocycles. The zero-order valence-corrected chi connectivity index (χ0v) is 16.4. The van der Waals surface area contributed by atoms with Crippen LogP contribution < -0.4 is 5.32 Å². The Balaban J connectivity index is 2.17. The fourth-order valence-electron chi connectivity index (χ4n) is 2.18. The topological polar surface area (TPSA) is 69.0 Å². The summed E-state index contributed by atoms with van der Waals surface area (Å²) in [4.78, 5) is 12.0. The lowest BCUT2D eigenvalue weighted by Gasteiger charge is -2.20. The molecule has 8 heteroatoms. The third-order valence-corrected chi connectivity index (χ3v) is 4.40. The fourth-order valence-corrected chi connectivity index (χ4v) is 3.07. The molecule has 1 N–H and O–H groups in total. The molecule has 0 unspecified atom stereocenters. The number of methoxy groups -OCH3 is 1. The van der Waals surface area contributed by atoms with Crippen LogP contribution in [0.3, 0.4) is 0 Å². The monoisotopic (exact) mass is 382 g/mol. The van der Waals surface area contributed by atoms with Crippen molar-refractivity contribution in [1.29, 1.82) is 0 Å². The van der Waals surface area contributed by atoms with Crippen LogP contribution in [0.15, 0.2) is 29.4 Å². The summed E-state index contributed by atoms with van der Waals surface area (Å²) in [5.74, 6) is 0.975. The van der Waals surface area contributed by atoms with Gasteiger partial charge in [-0.1, -0.05) is 23.4 Å². The molecule has 6 nitrogen and oxygen atoms in total. The van der Waals surface area contributed by atoms with Crippen molar-refractivity contribution in [2.75, 3.05) is 19.5 Å². The molecule has 0 aliphatic heterocycles. The van der Waals surface area contributed by atoms with Crippen LogP contribution in [0.4, 0.5) is 0 Å². The van der Waals surface area contributed by atoms with Gasteiger partial charge in [-0.15, -0.1) is 10.2 Å². The summed E-state index contributed by atoms with van der Waals surface area (Å²) in [6, 6.07) is 7.43. The minimum Gasteiger partial charge on any atom is -0.383 e. The van der Waals surface area contributed by atoms with E-state index in [0.29, 0.717) is 23.3 Å². The molecule has 1 heterocycles. The van der Waals surface area contributed by atoms with E-state index in [0.717, 1.165) is 11.4 Å². The second-order valence-corrected chi connectivity index (χ2v) is 7.92. The highest BCUT2D eigenvalue weighted by atomic mass is 35.5. The quantitative estimate of drug-likeness (QED) is 0.744. The molecule has 0 bridgehead atoms. The van der Waals surface area contributed by atoms with Crippen molar-refractivity contribution in [1.82, 2.24) is 20.1 Å². The molecule has 25 heavy (non-hydrogen) atoms. The van der Waals surface area contributed by atoms with Crippen LogP contribution in [0, 0.1) is 0 Å². The van der Waals surface area contributed by atoms with E-state index in [4.69, 9.17) is 16.3 Å². The maximum absolute atomic E-state index is 12.0. The van der Waals surface area contributed by atoms with Gasteiger partial charge in [0.05, 0.1) is 18.9 Å². The van der Waals surface area contributed by atoms with Crippen molar-refractivity contribution in [3.8, 4) is 11.4 Å². The molecular weight excluding hydrogens is 360 g/mol. The Hall–Kier alpha value is -1.57. The van der Waals surface area contributed by atoms with Gasteiger partial charge in [-0.25, -0.2) is 0 Å². The Morgan fingerprint density at radius 3 is 2.56 bits per heavy atom. The molecule has 0 aliphatic rings. The number of nitrogens with zero attached hydrogens (tertiary/aromatic N) is 3. The van der Waals surface area contributed by atoms with Crippen LogP contribution in [-0.2, 0) is 16.1 Å². The van der Waals surface area contributed by atoms with Crippen molar-refractivity contribution in [2.45, 2.75) is 38.0 Å². The molecule has 0 radical (unpaired) electrons. The average molecular weight is 383 g/mol. The van der Waals surface area contributed by atoms with Gasteiger partial charge >= 0.3 is 0 Å². The van der Waals surface area contributed by atoms with Gasteiger partial charge in [0.2, 0.25) is 5.91 Å². The number of nitrogens with one attached hydrogen (secondary N) is 1. The van der Waals surface area contributed by atoms with Crippen LogP contribution in [0.2, 0.25) is 5.02 Å². The molecule has 0 saturated carbocycles. The third kappa shape index (κ3) is 6.02. The minimum absolute atomic E-state index is 0.0353. The molecule has 1 amide bonds. The number of benzene rings is 1. The molecule has 1 aromatic heterocycles. The van der Waals surface area contributed by atoms with E-state index in [2.05, 4.69) is 15.5 Å². The molecule has 1 aromatic carbocycles. The van der Waals surface area contributed by atoms with Crippen molar-refractivity contribution < 1.29 is 9.53 Å². The number of thioether (sulfide) groups is 1. The molecule has 0 spiro atoms. The molecule has 2 aromatic rings. The van der Waals surface area contributed by atoms with Crippen molar-refractivity contribution in [2.24, 2.45) is 0 Å². The van der Waals surface area contributed by atoms with Gasteiger partial charge in [-0.05, 0) is 45.0 Å². The zero-order chi connectivity index (χ0) is 18.4. The normalized spacial score (nSPS) is 11.6. The number of hydrogen-bond acceptors (Lipinski definition) is 5. The third-order valence-electron chi connectivity index (χ3n) is 3.19. The largest absolute Gasteiger partial charge is 0.383 e. The van der Waals surface area contributed by atoms with Gasteiger partial charge in [0.25, 0.3) is 0 Å². The van der Waals surface area contributed by atoms with Gasteiger partial charge < -0.3 is 10.1 Å². The van der Waals surface area contributed by atoms with Crippen LogP contribution >= 0.6 is 23.4 Å². The molecule has 0 aliphatic carbocycles. The van der Waals surface area contributed by atoms with Crippen molar-refractivity contribution in [3.05, 3.63) is 29.3 Å². The molecule has 136 valence electrons. The van der Waals surface area contributed by atoms with Gasteiger partial charge in [-0.3, -0.25) is 9.36 Å². The van der Waals surface area contributed by atoms with Gasteiger partial charge in [-0.2, -0.15) is 0 Å². The fraction of sp³-hybridized carbons (Fsp3) is 0.471. The van der Waals surface area contributed by atoms with E-state index in [1.807, 2.05) is 49.6 Å². The second kappa shape index (κ2) is 8.69. The van der Waals surface area contributed by atoms with Gasteiger partial charge in [0.1, 0.15) is 0 Å². The highest BCUT2D eigenvalue weighted by Gasteiger charge is 2.18. The van der Waals surface area contributed by atoms with E-state index in [9.17, 15) is 4.79 Å². The van der Waals surface area contributed by atoms with Crippen molar-refractivity contribution >= 4 is 29.3 Å². The SMILES string of the molecule is COCCn1c(SCC(=O)NC(C)(C)C)nnc1-c1ccc(Cl)cc1. The highest BCUT2D eigenvalue weighted by Crippen LogP contribution is 2.25. The van der Waals surface area contributed by atoms with E-state index >= 15 is 0 Å². The Morgan fingerprint density at radius 1 is 1.28 bits per heavy atom. The summed E-state index contributed by atoms with van der Waals surface area (Å²) < 4.78 is 7.15. The van der Waals surface area contributed by atoms with E-state index in [-0.39, 0.29) is 17.2 Å². The molecular formula is C17H23ClN4O2S. The van der Waals surface area contributed by atoms with E-state index in [1.165, 1.54) is 11.8 Å². The first-order valence-corrected chi connectivity index (χ1v) is 9.28. The first-order valence-electron chi connectivity index (χ1n) is 7.92. The number of aromatic nitrogens is 3. The maximum atomic E-state index is 12.0. The van der Waals surface area contributed by atoms with Crippen molar-refractivity contribution in [3.63, 3.8) is 0 Å². The number of halogens is 1. The van der Waals surface area contributed by atoms with Crippen LogP contribution in [0.5, 0.6) is 0 Å². The smallest absolute Gasteiger partial charge is 0.230 e. The predicted molar refractivity (Wildman–Crippen MR) is 101 cm³/mol. The number of carbonyl (C=O) groups is 1. The van der Waals surface area contributed by atoms with E-state index in [1.54, 1.807) is 7.11 Å². The lowest BCUT2D eigenvalue weighted by Crippen LogP contribution is -2.41. The number of rotatable bonds is 7. The number of carbonyl (C=O) groups excluding carboxylic acids is 1. The maximum Gasteiger partial charge on any atom is 0.230 e. The van der Waals surface area contributed by atoms with Crippen LogP contribution in [-0.4, -0.2) is 45.7 Å². The van der Waals surface area contributed by atoms with Crippen LogP contribution in [0.1, 0.15) is 20.8 Å². The number of amides is 1. The minimum atomic E-state index is -0.254.